The van der Waals surface area contributed by atoms with E-state index in [9.17, 15) is 4.79 Å². The standard InChI is InChI=1S/C12H15Cl2NO2/c1-3-4-7(2)15-11-9(13)5-8(12(16)17)6-10(11)14/h5-7,15H,3-4H2,1-2H3,(H,16,17). The number of aromatic carboxylic acids is 1. The van der Waals surface area contributed by atoms with Gasteiger partial charge in [-0.25, -0.2) is 4.79 Å². The quantitative estimate of drug-likeness (QED) is 0.843. The average Bonchev–Trinajstić information content (AvgIpc) is 2.23. The smallest absolute Gasteiger partial charge is 0.335 e. The highest BCUT2D eigenvalue weighted by Crippen LogP contribution is 2.32. The van der Waals surface area contributed by atoms with E-state index in [-0.39, 0.29) is 11.6 Å². The Morgan fingerprint density at radius 1 is 1.41 bits per heavy atom. The molecule has 94 valence electrons. The van der Waals surface area contributed by atoms with E-state index in [0.29, 0.717) is 15.7 Å². The third kappa shape index (κ3) is 3.79. The van der Waals surface area contributed by atoms with Crippen molar-refractivity contribution in [3.8, 4) is 0 Å². The normalized spacial score (nSPS) is 12.2. The molecule has 0 spiro atoms. The van der Waals surface area contributed by atoms with Crippen LogP contribution in [0.3, 0.4) is 0 Å². The second-order valence-corrected chi connectivity index (χ2v) is 4.77. The number of rotatable bonds is 5. The van der Waals surface area contributed by atoms with Crippen LogP contribution in [0.2, 0.25) is 10.0 Å². The van der Waals surface area contributed by atoms with Crippen molar-refractivity contribution in [2.45, 2.75) is 32.7 Å². The van der Waals surface area contributed by atoms with Crippen LogP contribution < -0.4 is 5.32 Å². The number of nitrogens with one attached hydrogen (secondary N) is 1. The molecule has 0 saturated carbocycles. The van der Waals surface area contributed by atoms with Crippen molar-refractivity contribution < 1.29 is 9.90 Å². The summed E-state index contributed by atoms with van der Waals surface area (Å²) in [4.78, 5) is 10.8. The summed E-state index contributed by atoms with van der Waals surface area (Å²) in [5.74, 6) is -1.04. The van der Waals surface area contributed by atoms with E-state index in [2.05, 4.69) is 12.2 Å². The number of hydrogen-bond donors (Lipinski definition) is 2. The third-order valence-electron chi connectivity index (χ3n) is 2.40. The molecular formula is C12H15Cl2NO2. The fourth-order valence-electron chi connectivity index (χ4n) is 1.59. The molecule has 1 unspecified atom stereocenters. The number of benzene rings is 1. The molecule has 2 N–H and O–H groups in total. The van der Waals surface area contributed by atoms with Gasteiger partial charge in [0.2, 0.25) is 0 Å². The van der Waals surface area contributed by atoms with Crippen LogP contribution in [-0.2, 0) is 0 Å². The molecule has 0 amide bonds. The summed E-state index contributed by atoms with van der Waals surface area (Å²) < 4.78 is 0. The maximum absolute atomic E-state index is 10.8. The molecule has 0 aliphatic rings. The molecule has 3 nitrogen and oxygen atoms in total. The predicted octanol–water partition coefficient (Wildman–Crippen LogP) is 4.29. The molecule has 0 aliphatic heterocycles. The SMILES string of the molecule is CCCC(C)Nc1c(Cl)cc(C(=O)O)cc1Cl. The lowest BCUT2D eigenvalue weighted by Crippen LogP contribution is -2.15. The van der Waals surface area contributed by atoms with Gasteiger partial charge in [0, 0.05) is 6.04 Å². The number of hydrogen-bond acceptors (Lipinski definition) is 2. The van der Waals surface area contributed by atoms with Crippen molar-refractivity contribution in [1.29, 1.82) is 0 Å². The van der Waals surface area contributed by atoms with Gasteiger partial charge in [0.15, 0.2) is 0 Å². The Morgan fingerprint density at radius 2 is 1.94 bits per heavy atom. The van der Waals surface area contributed by atoms with E-state index in [1.54, 1.807) is 0 Å². The molecule has 0 radical (unpaired) electrons. The van der Waals surface area contributed by atoms with Gasteiger partial charge in [-0.1, -0.05) is 36.5 Å². The summed E-state index contributed by atoms with van der Waals surface area (Å²) in [6, 6.07) is 3.04. The maximum atomic E-state index is 10.8. The zero-order valence-electron chi connectivity index (χ0n) is 9.76. The lowest BCUT2D eigenvalue weighted by atomic mass is 10.1. The minimum atomic E-state index is -1.04. The largest absolute Gasteiger partial charge is 0.478 e. The van der Waals surface area contributed by atoms with Crippen molar-refractivity contribution in [2.75, 3.05) is 5.32 Å². The molecule has 0 saturated heterocycles. The second-order valence-electron chi connectivity index (χ2n) is 3.95. The predicted molar refractivity (Wildman–Crippen MR) is 71.4 cm³/mol. The molecule has 1 atom stereocenters. The van der Waals surface area contributed by atoms with Crippen LogP contribution >= 0.6 is 23.2 Å². The first kappa shape index (κ1) is 14.1. The first-order valence-corrected chi connectivity index (χ1v) is 6.20. The van der Waals surface area contributed by atoms with Crippen LogP contribution in [0, 0.1) is 0 Å². The topological polar surface area (TPSA) is 49.3 Å². The number of halogens is 2. The molecule has 0 aliphatic carbocycles. The van der Waals surface area contributed by atoms with Crippen molar-refractivity contribution >= 4 is 34.9 Å². The lowest BCUT2D eigenvalue weighted by Gasteiger charge is -2.17. The fraction of sp³-hybridized carbons (Fsp3) is 0.417. The summed E-state index contributed by atoms with van der Waals surface area (Å²) in [5.41, 5.74) is 0.688. The Hall–Kier alpha value is -0.930. The van der Waals surface area contributed by atoms with Gasteiger partial charge in [0.25, 0.3) is 0 Å². The number of carboxylic acids is 1. The van der Waals surface area contributed by atoms with Crippen molar-refractivity contribution in [3.05, 3.63) is 27.7 Å². The number of anilines is 1. The molecule has 5 heteroatoms. The van der Waals surface area contributed by atoms with Gasteiger partial charge in [-0.15, -0.1) is 0 Å². The summed E-state index contributed by atoms with van der Waals surface area (Å²) in [5, 5.41) is 12.7. The fourth-order valence-corrected chi connectivity index (χ4v) is 2.18. The Bertz CT molecular complexity index is 398. The molecule has 1 rings (SSSR count). The monoisotopic (exact) mass is 275 g/mol. The highest BCUT2D eigenvalue weighted by molar-refractivity contribution is 6.39. The number of carbonyl (C=O) groups is 1. The van der Waals surface area contributed by atoms with Crippen LogP contribution in [0.25, 0.3) is 0 Å². The minimum absolute atomic E-state index is 0.0914. The van der Waals surface area contributed by atoms with Gasteiger partial charge in [-0.3, -0.25) is 0 Å². The van der Waals surface area contributed by atoms with E-state index in [4.69, 9.17) is 28.3 Å². The van der Waals surface area contributed by atoms with Crippen LogP contribution in [0.15, 0.2) is 12.1 Å². The lowest BCUT2D eigenvalue weighted by molar-refractivity contribution is 0.0697. The highest BCUT2D eigenvalue weighted by Gasteiger charge is 2.13. The van der Waals surface area contributed by atoms with E-state index >= 15 is 0 Å². The van der Waals surface area contributed by atoms with E-state index in [1.165, 1.54) is 12.1 Å². The Morgan fingerprint density at radius 3 is 2.35 bits per heavy atom. The summed E-state index contributed by atoms with van der Waals surface area (Å²) in [7, 11) is 0. The Labute approximate surface area is 111 Å². The molecule has 0 heterocycles. The number of carboxylic acid groups (broad SMARTS) is 1. The zero-order chi connectivity index (χ0) is 13.0. The molecule has 1 aromatic carbocycles. The molecule has 1 aromatic rings. The molecule has 0 aromatic heterocycles. The Balaban J connectivity index is 2.97. The van der Waals surface area contributed by atoms with Gasteiger partial charge in [-0.05, 0) is 25.5 Å². The zero-order valence-corrected chi connectivity index (χ0v) is 11.3. The van der Waals surface area contributed by atoms with Crippen LogP contribution in [0.1, 0.15) is 37.0 Å². The Kier molecular flexibility index (Phi) is 5.09. The van der Waals surface area contributed by atoms with Gasteiger partial charge >= 0.3 is 5.97 Å². The molecule has 17 heavy (non-hydrogen) atoms. The van der Waals surface area contributed by atoms with E-state index in [1.807, 2.05) is 6.92 Å². The first-order valence-electron chi connectivity index (χ1n) is 5.44. The molecule has 0 fully saturated rings. The van der Waals surface area contributed by atoms with E-state index in [0.717, 1.165) is 12.8 Å². The maximum Gasteiger partial charge on any atom is 0.335 e. The summed E-state index contributed by atoms with van der Waals surface area (Å²) >= 11 is 12.0. The van der Waals surface area contributed by atoms with Crippen molar-refractivity contribution in [2.24, 2.45) is 0 Å². The van der Waals surface area contributed by atoms with Gasteiger partial charge in [0.05, 0.1) is 21.3 Å². The highest BCUT2D eigenvalue weighted by atomic mass is 35.5. The van der Waals surface area contributed by atoms with Crippen molar-refractivity contribution in [1.82, 2.24) is 0 Å². The van der Waals surface area contributed by atoms with Gasteiger partial charge < -0.3 is 10.4 Å². The van der Waals surface area contributed by atoms with Crippen LogP contribution in [0.5, 0.6) is 0 Å². The second kappa shape index (κ2) is 6.12. The first-order chi connectivity index (χ1) is 7.95. The summed E-state index contributed by atoms with van der Waals surface area (Å²) in [6.45, 7) is 4.12. The molecule has 0 bridgehead atoms. The van der Waals surface area contributed by atoms with Crippen molar-refractivity contribution in [3.63, 3.8) is 0 Å². The van der Waals surface area contributed by atoms with Gasteiger partial charge in [-0.2, -0.15) is 0 Å². The van der Waals surface area contributed by atoms with Gasteiger partial charge in [0.1, 0.15) is 0 Å². The minimum Gasteiger partial charge on any atom is -0.478 e. The molecular weight excluding hydrogens is 261 g/mol. The summed E-state index contributed by atoms with van der Waals surface area (Å²) in [6.07, 6.45) is 2.05. The van der Waals surface area contributed by atoms with Crippen LogP contribution in [0.4, 0.5) is 5.69 Å². The third-order valence-corrected chi connectivity index (χ3v) is 3.00. The average molecular weight is 276 g/mol. The van der Waals surface area contributed by atoms with E-state index < -0.39 is 5.97 Å². The van der Waals surface area contributed by atoms with Crippen LogP contribution in [-0.4, -0.2) is 17.1 Å².